The second kappa shape index (κ2) is 6.90. The van der Waals surface area contributed by atoms with Crippen molar-refractivity contribution in [2.24, 2.45) is 0 Å². The number of rotatable bonds is 5. The molecule has 0 saturated carbocycles. The molecule has 1 aromatic carbocycles. The Morgan fingerprint density at radius 2 is 2.04 bits per heavy atom. The van der Waals surface area contributed by atoms with Gasteiger partial charge in [0.15, 0.2) is 0 Å². The summed E-state index contributed by atoms with van der Waals surface area (Å²) in [6, 6.07) is 9.82. The monoisotopic (exact) mass is 329 g/mol. The highest BCUT2D eigenvalue weighted by atomic mass is 32.1. The van der Waals surface area contributed by atoms with Crippen LogP contribution in [0.3, 0.4) is 0 Å². The Bertz CT molecular complexity index is 719. The molecule has 1 aliphatic rings. The summed E-state index contributed by atoms with van der Waals surface area (Å²) in [6.45, 7) is 3.26. The second-order valence-corrected chi connectivity index (χ2v) is 6.54. The van der Waals surface area contributed by atoms with E-state index in [1.165, 1.54) is 16.2 Å². The summed E-state index contributed by atoms with van der Waals surface area (Å²) in [4.78, 5) is 3.55. The average Bonchev–Trinajstić information content (AvgIpc) is 2.89. The molecule has 0 unspecified atom stereocenters. The predicted molar refractivity (Wildman–Crippen MR) is 90.9 cm³/mol. The van der Waals surface area contributed by atoms with E-state index in [9.17, 15) is 0 Å². The zero-order chi connectivity index (χ0) is 16.2. The molecule has 2 N–H and O–H groups in total. The van der Waals surface area contributed by atoms with Gasteiger partial charge in [-0.1, -0.05) is 0 Å². The number of nitrogens with two attached hydrogens (primary N) is 1. The van der Waals surface area contributed by atoms with Crippen molar-refractivity contribution >= 4 is 16.3 Å². The molecule has 3 rings (SSSR count). The van der Waals surface area contributed by atoms with Gasteiger partial charge in [-0.2, -0.15) is 5.26 Å². The maximum absolute atomic E-state index is 9.17. The normalized spacial score (nSPS) is 14.1. The zero-order valence-electron chi connectivity index (χ0n) is 13.0. The van der Waals surface area contributed by atoms with Gasteiger partial charge in [0.25, 0.3) is 0 Å². The first kappa shape index (κ1) is 15.7. The Hall–Kier alpha value is -2.23. The molecule has 2 aromatic rings. The van der Waals surface area contributed by atoms with E-state index in [2.05, 4.69) is 11.0 Å². The molecule has 23 heavy (non-hydrogen) atoms. The van der Waals surface area contributed by atoms with E-state index in [1.807, 2.05) is 24.3 Å². The van der Waals surface area contributed by atoms with Gasteiger partial charge in [-0.15, -0.1) is 11.3 Å². The molecule has 0 bridgehead atoms. The minimum Gasteiger partial charge on any atom is -0.497 e. The highest BCUT2D eigenvalue weighted by Gasteiger charge is 2.23. The second-order valence-electron chi connectivity index (χ2n) is 5.40. The highest BCUT2D eigenvalue weighted by Crippen LogP contribution is 2.34. The molecule has 0 amide bonds. The summed E-state index contributed by atoms with van der Waals surface area (Å²) in [6.07, 6.45) is 0.883. The molecule has 0 radical (unpaired) electrons. The number of nitriles is 1. The number of ether oxygens (including phenoxy) is 2. The van der Waals surface area contributed by atoms with Crippen LogP contribution in [0.5, 0.6) is 11.5 Å². The largest absolute Gasteiger partial charge is 0.497 e. The van der Waals surface area contributed by atoms with E-state index in [4.69, 9.17) is 20.5 Å². The number of nitrogens with zero attached hydrogens (tertiary/aromatic N) is 2. The average molecular weight is 329 g/mol. The van der Waals surface area contributed by atoms with Crippen LogP contribution in [0.2, 0.25) is 0 Å². The number of hydrogen-bond donors (Lipinski definition) is 1. The summed E-state index contributed by atoms with van der Waals surface area (Å²) in [5.74, 6) is 1.67. The van der Waals surface area contributed by atoms with Crippen LogP contribution in [0.4, 0.5) is 5.00 Å². The lowest BCUT2D eigenvalue weighted by Gasteiger charge is -2.26. The topological polar surface area (TPSA) is 71.5 Å². The van der Waals surface area contributed by atoms with Gasteiger partial charge < -0.3 is 15.2 Å². The number of hydrogen-bond acceptors (Lipinski definition) is 6. The van der Waals surface area contributed by atoms with Crippen molar-refractivity contribution in [3.05, 3.63) is 40.3 Å². The number of benzene rings is 1. The standard InChI is InChI=1S/C17H19N3O2S/c1-21-12-2-4-13(5-3-12)22-9-8-20-7-6-14-15(10-18)17(19)23-16(14)11-20/h2-5H,6-9,11,19H2,1H3. The SMILES string of the molecule is COc1ccc(OCCN2CCc3c(sc(N)c3C#N)C2)cc1. The number of anilines is 1. The smallest absolute Gasteiger partial charge is 0.119 e. The van der Waals surface area contributed by atoms with Crippen LogP contribution in [0, 0.1) is 11.3 Å². The zero-order valence-corrected chi connectivity index (χ0v) is 13.9. The fourth-order valence-electron chi connectivity index (χ4n) is 2.76. The van der Waals surface area contributed by atoms with Crippen LogP contribution < -0.4 is 15.2 Å². The molecule has 1 aliphatic heterocycles. The molecule has 120 valence electrons. The highest BCUT2D eigenvalue weighted by molar-refractivity contribution is 7.16. The van der Waals surface area contributed by atoms with Crippen molar-refractivity contribution in [3.8, 4) is 17.6 Å². The third kappa shape index (κ3) is 3.41. The number of methoxy groups -OCH3 is 1. The summed E-state index contributed by atoms with van der Waals surface area (Å²) in [7, 11) is 1.65. The molecular formula is C17H19N3O2S. The first-order valence-electron chi connectivity index (χ1n) is 7.50. The molecule has 2 heterocycles. The van der Waals surface area contributed by atoms with E-state index in [0.717, 1.165) is 43.1 Å². The van der Waals surface area contributed by atoms with Gasteiger partial charge in [-0.05, 0) is 36.2 Å². The van der Waals surface area contributed by atoms with Crippen molar-refractivity contribution in [2.45, 2.75) is 13.0 Å². The Balaban J connectivity index is 1.53. The molecule has 6 heteroatoms. The quantitative estimate of drug-likeness (QED) is 0.913. The van der Waals surface area contributed by atoms with Gasteiger partial charge in [-0.3, -0.25) is 4.90 Å². The first-order chi connectivity index (χ1) is 11.2. The lowest BCUT2D eigenvalue weighted by Crippen LogP contribution is -2.33. The minimum atomic E-state index is 0.633. The van der Waals surface area contributed by atoms with E-state index < -0.39 is 0 Å². The van der Waals surface area contributed by atoms with Crippen molar-refractivity contribution in [1.82, 2.24) is 4.90 Å². The molecular weight excluding hydrogens is 310 g/mol. The lowest BCUT2D eigenvalue weighted by atomic mass is 10.0. The molecule has 0 saturated heterocycles. The van der Waals surface area contributed by atoms with E-state index in [1.54, 1.807) is 7.11 Å². The Labute approximate surface area is 139 Å². The summed E-state index contributed by atoms with van der Waals surface area (Å²) >= 11 is 1.54. The molecule has 0 fully saturated rings. The van der Waals surface area contributed by atoms with Crippen LogP contribution in [0.15, 0.2) is 24.3 Å². The summed E-state index contributed by atoms with van der Waals surface area (Å²) in [5, 5.41) is 9.82. The van der Waals surface area contributed by atoms with E-state index in [-0.39, 0.29) is 0 Å². The fourth-order valence-corrected chi connectivity index (χ4v) is 3.87. The van der Waals surface area contributed by atoms with Gasteiger partial charge in [-0.25, -0.2) is 0 Å². The Kier molecular flexibility index (Phi) is 4.70. The van der Waals surface area contributed by atoms with Crippen LogP contribution in [0.1, 0.15) is 16.0 Å². The van der Waals surface area contributed by atoms with E-state index >= 15 is 0 Å². The van der Waals surface area contributed by atoms with Crippen molar-refractivity contribution in [1.29, 1.82) is 5.26 Å². The van der Waals surface area contributed by atoms with Gasteiger partial charge in [0, 0.05) is 24.5 Å². The summed E-state index contributed by atoms with van der Waals surface area (Å²) in [5.41, 5.74) is 7.74. The van der Waals surface area contributed by atoms with Crippen LogP contribution in [0.25, 0.3) is 0 Å². The first-order valence-corrected chi connectivity index (χ1v) is 8.32. The fraction of sp³-hybridized carbons (Fsp3) is 0.353. The third-order valence-corrected chi connectivity index (χ3v) is 5.06. The Morgan fingerprint density at radius 3 is 2.74 bits per heavy atom. The minimum absolute atomic E-state index is 0.633. The molecule has 0 spiro atoms. The van der Waals surface area contributed by atoms with E-state index in [0.29, 0.717) is 17.2 Å². The molecule has 0 aliphatic carbocycles. The van der Waals surface area contributed by atoms with Gasteiger partial charge in [0.1, 0.15) is 29.2 Å². The van der Waals surface area contributed by atoms with Crippen LogP contribution in [-0.4, -0.2) is 31.7 Å². The number of fused-ring (bicyclic) bond motifs is 1. The van der Waals surface area contributed by atoms with Crippen LogP contribution >= 0.6 is 11.3 Å². The van der Waals surface area contributed by atoms with Crippen molar-refractivity contribution in [2.75, 3.05) is 32.5 Å². The third-order valence-electron chi connectivity index (χ3n) is 4.01. The molecule has 5 nitrogen and oxygen atoms in total. The summed E-state index contributed by atoms with van der Waals surface area (Å²) < 4.78 is 10.9. The number of nitrogen functional groups attached to an aromatic ring is 1. The van der Waals surface area contributed by atoms with Gasteiger partial charge in [0.2, 0.25) is 0 Å². The van der Waals surface area contributed by atoms with Crippen molar-refractivity contribution in [3.63, 3.8) is 0 Å². The Morgan fingerprint density at radius 1 is 1.30 bits per heavy atom. The van der Waals surface area contributed by atoms with Crippen LogP contribution in [-0.2, 0) is 13.0 Å². The number of thiophene rings is 1. The lowest BCUT2D eigenvalue weighted by molar-refractivity contribution is 0.198. The molecule has 1 aromatic heterocycles. The maximum Gasteiger partial charge on any atom is 0.119 e. The van der Waals surface area contributed by atoms with Crippen molar-refractivity contribution < 1.29 is 9.47 Å². The molecule has 0 atom stereocenters. The van der Waals surface area contributed by atoms with Gasteiger partial charge in [0.05, 0.1) is 12.7 Å². The van der Waals surface area contributed by atoms with Gasteiger partial charge >= 0.3 is 0 Å². The predicted octanol–water partition coefficient (Wildman–Crippen LogP) is 2.65. The maximum atomic E-state index is 9.17.